The number of aromatic nitrogens is 1. The first-order valence-corrected chi connectivity index (χ1v) is 7.74. The Bertz CT molecular complexity index is 527. The summed E-state index contributed by atoms with van der Waals surface area (Å²) < 4.78 is 37.9. The average molecular weight is 320 g/mol. The van der Waals surface area contributed by atoms with E-state index in [-0.39, 0.29) is 10.7 Å². The van der Waals surface area contributed by atoms with Gasteiger partial charge in [-0.3, -0.25) is 9.69 Å². The monoisotopic (exact) mass is 320 g/mol. The molecule has 1 aromatic rings. The molecule has 0 amide bonds. The minimum absolute atomic E-state index is 0.102. The molecular weight excluding hydrogens is 301 g/mol. The molecule has 21 heavy (non-hydrogen) atoms. The molecule has 1 aliphatic carbocycles. The van der Waals surface area contributed by atoms with E-state index in [0.717, 1.165) is 19.0 Å². The Hall–Kier alpha value is -0.950. The summed E-state index contributed by atoms with van der Waals surface area (Å²) in [6, 6.07) is 0. The number of hydrogen-bond donors (Lipinski definition) is 0. The smallest absolute Gasteiger partial charge is 0.297 e. The highest BCUT2D eigenvalue weighted by Crippen LogP contribution is 2.40. The van der Waals surface area contributed by atoms with Crippen molar-refractivity contribution in [3.8, 4) is 0 Å². The highest BCUT2D eigenvalue weighted by atomic mass is 32.1. The molecule has 0 bridgehead atoms. The molecule has 2 unspecified atom stereocenters. The number of alkyl halides is 3. The number of carbonyl (C=O) groups excluding carboxylic acids is 1. The predicted octanol–water partition coefficient (Wildman–Crippen LogP) is 3.86. The van der Waals surface area contributed by atoms with Crippen molar-refractivity contribution in [2.75, 3.05) is 14.1 Å². The maximum absolute atomic E-state index is 12.8. The second-order valence-corrected chi connectivity index (χ2v) is 7.01. The lowest BCUT2D eigenvalue weighted by Gasteiger charge is -2.43. The third-order valence-corrected chi connectivity index (χ3v) is 5.27. The highest BCUT2D eigenvalue weighted by molar-refractivity contribution is 7.13. The van der Waals surface area contributed by atoms with Crippen LogP contribution in [0.3, 0.4) is 0 Å². The summed E-state index contributed by atoms with van der Waals surface area (Å²) in [5.74, 6) is 0.159. The van der Waals surface area contributed by atoms with Crippen molar-refractivity contribution in [3.05, 3.63) is 16.1 Å². The second-order valence-electron chi connectivity index (χ2n) is 5.98. The number of halogens is 3. The van der Waals surface area contributed by atoms with Gasteiger partial charge in [-0.2, -0.15) is 13.2 Å². The van der Waals surface area contributed by atoms with Crippen LogP contribution in [-0.4, -0.2) is 35.3 Å². The van der Waals surface area contributed by atoms with Crippen molar-refractivity contribution in [1.29, 1.82) is 0 Å². The molecule has 1 heterocycles. The van der Waals surface area contributed by atoms with E-state index in [0.29, 0.717) is 30.1 Å². The number of nitrogens with zero attached hydrogens (tertiary/aromatic N) is 2. The van der Waals surface area contributed by atoms with Gasteiger partial charge in [0.1, 0.15) is 0 Å². The summed E-state index contributed by atoms with van der Waals surface area (Å²) in [4.78, 5) is 18.1. The zero-order valence-corrected chi connectivity index (χ0v) is 13.1. The number of hydrogen-bond acceptors (Lipinski definition) is 4. The van der Waals surface area contributed by atoms with Gasteiger partial charge in [0, 0.05) is 6.20 Å². The Balaban J connectivity index is 2.33. The van der Waals surface area contributed by atoms with E-state index in [1.165, 1.54) is 0 Å². The molecule has 7 heteroatoms. The van der Waals surface area contributed by atoms with E-state index >= 15 is 0 Å². The number of ketones is 1. The molecular formula is C14H19F3N2OS. The third kappa shape index (κ3) is 3.13. The minimum Gasteiger partial charge on any atom is -0.297 e. The third-order valence-electron chi connectivity index (χ3n) is 4.22. The normalized spacial score (nSPS) is 27.1. The Morgan fingerprint density at radius 3 is 2.62 bits per heavy atom. The molecule has 118 valence electrons. The van der Waals surface area contributed by atoms with Gasteiger partial charge < -0.3 is 0 Å². The van der Waals surface area contributed by atoms with E-state index in [4.69, 9.17) is 0 Å². The van der Waals surface area contributed by atoms with E-state index < -0.39 is 16.7 Å². The summed E-state index contributed by atoms with van der Waals surface area (Å²) in [5.41, 5.74) is -0.701. The number of Topliss-reactive ketones (excluding diaryl/α,β-unsaturated/α-hetero) is 1. The van der Waals surface area contributed by atoms with Crippen LogP contribution in [0.15, 0.2) is 6.20 Å². The van der Waals surface area contributed by atoms with Crippen LogP contribution < -0.4 is 0 Å². The molecule has 1 aliphatic rings. The molecule has 2 atom stereocenters. The fourth-order valence-electron chi connectivity index (χ4n) is 3.08. The number of carbonyl (C=O) groups is 1. The molecule has 0 saturated heterocycles. The lowest BCUT2D eigenvalue weighted by Crippen LogP contribution is -2.53. The molecule has 0 aromatic carbocycles. The lowest BCUT2D eigenvalue weighted by atomic mass is 9.73. The van der Waals surface area contributed by atoms with Gasteiger partial charge in [-0.1, -0.05) is 19.8 Å². The summed E-state index contributed by atoms with van der Waals surface area (Å²) in [7, 11) is 3.64. The van der Waals surface area contributed by atoms with Crippen LogP contribution in [0.1, 0.15) is 47.3 Å². The van der Waals surface area contributed by atoms with Crippen molar-refractivity contribution in [2.24, 2.45) is 5.92 Å². The van der Waals surface area contributed by atoms with E-state index in [2.05, 4.69) is 11.9 Å². The van der Waals surface area contributed by atoms with Gasteiger partial charge >= 0.3 is 6.18 Å². The maximum atomic E-state index is 12.8. The van der Waals surface area contributed by atoms with Crippen LogP contribution in [0.5, 0.6) is 0 Å². The average Bonchev–Trinajstić information content (AvgIpc) is 2.86. The molecule has 1 saturated carbocycles. The van der Waals surface area contributed by atoms with Crippen LogP contribution in [0.25, 0.3) is 0 Å². The first kappa shape index (κ1) is 16.4. The molecule has 0 spiro atoms. The largest absolute Gasteiger partial charge is 0.443 e. The van der Waals surface area contributed by atoms with Crippen LogP contribution in [-0.2, 0) is 6.18 Å². The van der Waals surface area contributed by atoms with Gasteiger partial charge in [-0.25, -0.2) is 4.98 Å². The first-order valence-electron chi connectivity index (χ1n) is 6.92. The number of thiazole rings is 1. The van der Waals surface area contributed by atoms with Gasteiger partial charge in [0.2, 0.25) is 0 Å². The van der Waals surface area contributed by atoms with Crippen LogP contribution in [0.4, 0.5) is 13.2 Å². The summed E-state index contributed by atoms with van der Waals surface area (Å²) in [5, 5.41) is -0.955. The van der Waals surface area contributed by atoms with E-state index in [1.54, 1.807) is 0 Å². The zero-order chi connectivity index (χ0) is 15.8. The van der Waals surface area contributed by atoms with Crippen molar-refractivity contribution in [3.63, 3.8) is 0 Å². The Kier molecular flexibility index (Phi) is 4.44. The molecule has 0 radical (unpaired) electrons. The Morgan fingerprint density at radius 1 is 1.48 bits per heavy atom. The van der Waals surface area contributed by atoms with Gasteiger partial charge in [-0.15, -0.1) is 11.3 Å². The van der Waals surface area contributed by atoms with E-state index in [9.17, 15) is 18.0 Å². The summed E-state index contributed by atoms with van der Waals surface area (Å²) >= 11 is 0.446. The SMILES string of the molecule is CC1CCCC(C(=O)c2cnc(C(F)(F)F)s2)(N(C)C)C1. The van der Waals surface area contributed by atoms with Gasteiger partial charge in [-0.05, 0) is 32.9 Å². The second kappa shape index (κ2) is 5.68. The Morgan fingerprint density at radius 2 is 2.14 bits per heavy atom. The van der Waals surface area contributed by atoms with E-state index in [1.807, 2.05) is 19.0 Å². The maximum Gasteiger partial charge on any atom is 0.443 e. The predicted molar refractivity (Wildman–Crippen MR) is 75.5 cm³/mol. The number of likely N-dealkylation sites (N-methyl/N-ethyl adjacent to an activating group) is 1. The molecule has 0 N–H and O–H groups in total. The van der Waals surface area contributed by atoms with Gasteiger partial charge in [0.25, 0.3) is 0 Å². The lowest BCUT2D eigenvalue weighted by molar-refractivity contribution is -0.137. The van der Waals surface area contributed by atoms with Crippen molar-refractivity contribution in [1.82, 2.24) is 9.88 Å². The molecule has 3 nitrogen and oxygen atoms in total. The fourth-order valence-corrected chi connectivity index (χ4v) is 3.90. The Labute approximate surface area is 126 Å². The van der Waals surface area contributed by atoms with Crippen LogP contribution in [0.2, 0.25) is 0 Å². The van der Waals surface area contributed by atoms with Crippen molar-refractivity contribution in [2.45, 2.75) is 44.3 Å². The topological polar surface area (TPSA) is 33.2 Å². The van der Waals surface area contributed by atoms with Crippen LogP contribution >= 0.6 is 11.3 Å². The molecule has 1 fully saturated rings. The molecule has 2 rings (SSSR count). The quantitative estimate of drug-likeness (QED) is 0.793. The number of rotatable bonds is 3. The highest BCUT2D eigenvalue weighted by Gasteiger charge is 2.45. The zero-order valence-electron chi connectivity index (χ0n) is 12.3. The summed E-state index contributed by atoms with van der Waals surface area (Å²) in [6.07, 6.45) is -0.0927. The molecule has 0 aliphatic heterocycles. The molecule has 1 aromatic heterocycles. The standard InChI is InChI=1S/C14H19F3N2OS/c1-9-5-4-6-13(7-9,19(2)3)11(20)10-8-18-12(21-10)14(15,16)17/h8-9H,4-7H2,1-3H3. The summed E-state index contributed by atoms with van der Waals surface area (Å²) in [6.45, 7) is 2.08. The minimum atomic E-state index is -4.49. The van der Waals surface area contributed by atoms with Gasteiger partial charge in [0.05, 0.1) is 10.4 Å². The van der Waals surface area contributed by atoms with Crippen LogP contribution in [0, 0.1) is 5.92 Å². The van der Waals surface area contributed by atoms with Crippen molar-refractivity contribution < 1.29 is 18.0 Å². The van der Waals surface area contributed by atoms with Crippen molar-refractivity contribution >= 4 is 17.1 Å². The first-order chi connectivity index (χ1) is 9.67. The fraction of sp³-hybridized carbons (Fsp3) is 0.714. The van der Waals surface area contributed by atoms with Gasteiger partial charge in [0.15, 0.2) is 10.8 Å².